The second-order valence-electron chi connectivity index (χ2n) is 3.43. The lowest BCUT2D eigenvalue weighted by Crippen LogP contribution is -2.33. The number of halogens is 1. The lowest BCUT2D eigenvalue weighted by molar-refractivity contribution is -0.136. The molecule has 0 fully saturated rings. The number of benzene rings is 1. The van der Waals surface area contributed by atoms with E-state index < -0.39 is 12.0 Å². The summed E-state index contributed by atoms with van der Waals surface area (Å²) in [6.07, 6.45) is 3.04. The Bertz CT molecular complexity index is 460. The number of hydrogen-bond acceptors (Lipinski definition) is 2. The molecule has 0 heterocycles. The molecule has 1 rings (SSSR count). The average molecular weight is 269 g/mol. The first-order chi connectivity index (χ1) is 8.58. The number of carboxylic acids is 1. The fraction of sp³-hybridized carbons (Fsp3) is 0.167. The lowest BCUT2D eigenvalue weighted by atomic mass is 10.2. The van der Waals surface area contributed by atoms with Gasteiger partial charge in [-0.2, -0.15) is 0 Å². The summed E-state index contributed by atoms with van der Waals surface area (Å²) in [7, 11) is 0. The Morgan fingerprint density at radius 2 is 2.17 bits per heavy atom. The SMILES string of the molecule is O=C(O)CCNC(=O)N/C=C/c1cccc(Cl)c1. The van der Waals surface area contributed by atoms with E-state index in [1.165, 1.54) is 6.20 Å². The molecule has 0 saturated carbocycles. The van der Waals surface area contributed by atoms with Crippen molar-refractivity contribution in [1.82, 2.24) is 10.6 Å². The van der Waals surface area contributed by atoms with Crippen molar-refractivity contribution >= 4 is 29.7 Å². The van der Waals surface area contributed by atoms with E-state index in [0.717, 1.165) is 5.56 Å². The van der Waals surface area contributed by atoms with Crippen molar-refractivity contribution in [2.24, 2.45) is 0 Å². The van der Waals surface area contributed by atoms with Crippen molar-refractivity contribution < 1.29 is 14.7 Å². The normalized spacial score (nSPS) is 10.3. The molecule has 1 aromatic rings. The van der Waals surface area contributed by atoms with Gasteiger partial charge in [-0.25, -0.2) is 4.79 Å². The van der Waals surface area contributed by atoms with Crippen LogP contribution in [0.25, 0.3) is 6.08 Å². The molecule has 0 unspecified atom stereocenters. The highest BCUT2D eigenvalue weighted by atomic mass is 35.5. The van der Waals surface area contributed by atoms with Gasteiger partial charge in [-0.05, 0) is 23.8 Å². The van der Waals surface area contributed by atoms with Crippen molar-refractivity contribution in [3.63, 3.8) is 0 Å². The third-order valence-corrected chi connectivity index (χ3v) is 2.20. The average Bonchev–Trinajstić information content (AvgIpc) is 2.28. The van der Waals surface area contributed by atoms with Crippen LogP contribution in [0.4, 0.5) is 4.79 Å². The maximum atomic E-state index is 11.2. The maximum Gasteiger partial charge on any atom is 0.318 e. The highest BCUT2D eigenvalue weighted by Crippen LogP contribution is 2.11. The van der Waals surface area contributed by atoms with E-state index in [9.17, 15) is 9.59 Å². The van der Waals surface area contributed by atoms with Crippen LogP contribution in [0.15, 0.2) is 30.5 Å². The van der Waals surface area contributed by atoms with Gasteiger partial charge in [0, 0.05) is 17.8 Å². The standard InChI is InChI=1S/C12H13ClN2O3/c13-10-3-1-2-9(8-10)4-6-14-12(18)15-7-5-11(16)17/h1-4,6,8H,5,7H2,(H,16,17)(H2,14,15,18)/b6-4+. The number of carbonyl (C=O) groups excluding carboxylic acids is 1. The Morgan fingerprint density at radius 1 is 1.39 bits per heavy atom. The van der Waals surface area contributed by atoms with Gasteiger partial charge < -0.3 is 15.7 Å². The summed E-state index contributed by atoms with van der Waals surface area (Å²) < 4.78 is 0. The Kier molecular flexibility index (Phi) is 5.73. The molecule has 1 aromatic carbocycles. The molecule has 0 aliphatic carbocycles. The molecule has 5 nitrogen and oxygen atoms in total. The van der Waals surface area contributed by atoms with Crippen LogP contribution in [0.3, 0.4) is 0 Å². The topological polar surface area (TPSA) is 78.4 Å². The minimum atomic E-state index is -0.954. The molecule has 3 N–H and O–H groups in total. The number of hydrogen-bond donors (Lipinski definition) is 3. The van der Waals surface area contributed by atoms with Gasteiger partial charge in [0.2, 0.25) is 0 Å². The number of urea groups is 1. The van der Waals surface area contributed by atoms with Crippen molar-refractivity contribution in [3.05, 3.63) is 41.1 Å². The number of aliphatic carboxylic acids is 1. The van der Waals surface area contributed by atoms with Crippen LogP contribution >= 0.6 is 11.6 Å². The molecule has 0 atom stereocenters. The molecular weight excluding hydrogens is 256 g/mol. The van der Waals surface area contributed by atoms with Crippen molar-refractivity contribution in [3.8, 4) is 0 Å². The Balaban J connectivity index is 2.31. The second-order valence-corrected chi connectivity index (χ2v) is 3.87. The first kappa shape index (κ1) is 14.1. The van der Waals surface area contributed by atoms with Gasteiger partial charge in [0.05, 0.1) is 6.42 Å². The zero-order valence-corrected chi connectivity index (χ0v) is 10.3. The van der Waals surface area contributed by atoms with Gasteiger partial charge >= 0.3 is 12.0 Å². The van der Waals surface area contributed by atoms with E-state index in [-0.39, 0.29) is 13.0 Å². The molecule has 96 valence electrons. The van der Waals surface area contributed by atoms with E-state index in [1.54, 1.807) is 24.3 Å². The van der Waals surface area contributed by atoms with E-state index in [4.69, 9.17) is 16.7 Å². The zero-order valence-electron chi connectivity index (χ0n) is 9.52. The fourth-order valence-electron chi connectivity index (χ4n) is 1.16. The molecule has 0 aliphatic rings. The number of nitrogens with one attached hydrogen (secondary N) is 2. The molecule has 0 saturated heterocycles. The summed E-state index contributed by atoms with van der Waals surface area (Å²) in [5.41, 5.74) is 0.855. The van der Waals surface area contributed by atoms with Crippen molar-refractivity contribution in [1.29, 1.82) is 0 Å². The highest BCUT2D eigenvalue weighted by molar-refractivity contribution is 6.30. The van der Waals surface area contributed by atoms with Crippen LogP contribution < -0.4 is 10.6 Å². The summed E-state index contributed by atoms with van der Waals surface area (Å²) in [6.45, 7) is 0.0895. The third kappa shape index (κ3) is 5.91. The number of carboxylic acid groups (broad SMARTS) is 1. The van der Waals surface area contributed by atoms with E-state index in [1.807, 2.05) is 6.07 Å². The molecule has 0 spiro atoms. The Morgan fingerprint density at radius 3 is 2.83 bits per heavy atom. The zero-order chi connectivity index (χ0) is 13.4. The molecule has 2 amide bonds. The van der Waals surface area contributed by atoms with Crippen LogP contribution in [0.2, 0.25) is 5.02 Å². The molecule has 0 radical (unpaired) electrons. The highest BCUT2D eigenvalue weighted by Gasteiger charge is 1.99. The van der Waals surface area contributed by atoms with Gasteiger partial charge in [0.25, 0.3) is 0 Å². The van der Waals surface area contributed by atoms with E-state index >= 15 is 0 Å². The third-order valence-electron chi connectivity index (χ3n) is 1.96. The molecule has 0 aliphatic heterocycles. The minimum Gasteiger partial charge on any atom is -0.481 e. The second kappa shape index (κ2) is 7.34. The number of carbonyl (C=O) groups is 2. The fourth-order valence-corrected chi connectivity index (χ4v) is 1.36. The molecule has 18 heavy (non-hydrogen) atoms. The van der Waals surface area contributed by atoms with Crippen molar-refractivity contribution in [2.75, 3.05) is 6.54 Å². The van der Waals surface area contributed by atoms with Crippen LogP contribution in [0, 0.1) is 0 Å². The largest absolute Gasteiger partial charge is 0.481 e. The smallest absolute Gasteiger partial charge is 0.318 e. The lowest BCUT2D eigenvalue weighted by Gasteiger charge is -2.02. The van der Waals surface area contributed by atoms with Crippen LogP contribution in [-0.2, 0) is 4.79 Å². The Hall–Kier alpha value is -2.01. The molecule has 6 heteroatoms. The van der Waals surface area contributed by atoms with Crippen LogP contribution in [-0.4, -0.2) is 23.7 Å². The van der Waals surface area contributed by atoms with Crippen LogP contribution in [0.1, 0.15) is 12.0 Å². The minimum absolute atomic E-state index is 0.0895. The monoisotopic (exact) mass is 268 g/mol. The Labute approximate surface area is 109 Å². The van der Waals surface area contributed by atoms with Crippen molar-refractivity contribution in [2.45, 2.75) is 6.42 Å². The predicted octanol–water partition coefficient (Wildman–Crippen LogP) is 2.08. The first-order valence-electron chi connectivity index (χ1n) is 5.26. The quantitative estimate of drug-likeness (QED) is 0.765. The number of rotatable bonds is 5. The van der Waals surface area contributed by atoms with E-state index in [0.29, 0.717) is 5.02 Å². The molecule has 0 aromatic heterocycles. The molecular formula is C12H13ClN2O3. The van der Waals surface area contributed by atoms with E-state index in [2.05, 4.69) is 10.6 Å². The van der Waals surface area contributed by atoms with Gasteiger partial charge in [-0.1, -0.05) is 23.7 Å². The summed E-state index contributed by atoms with van der Waals surface area (Å²) in [4.78, 5) is 21.4. The summed E-state index contributed by atoms with van der Waals surface area (Å²) >= 11 is 5.80. The summed E-state index contributed by atoms with van der Waals surface area (Å²) in [5.74, 6) is -0.954. The first-order valence-corrected chi connectivity index (χ1v) is 5.64. The summed E-state index contributed by atoms with van der Waals surface area (Å²) in [6, 6.07) is 6.70. The predicted molar refractivity (Wildman–Crippen MR) is 69.3 cm³/mol. The van der Waals surface area contributed by atoms with Crippen LogP contribution in [0.5, 0.6) is 0 Å². The van der Waals surface area contributed by atoms with Gasteiger partial charge in [0.15, 0.2) is 0 Å². The number of amides is 2. The molecule has 0 bridgehead atoms. The maximum absolute atomic E-state index is 11.2. The van der Waals surface area contributed by atoms with Gasteiger partial charge in [-0.3, -0.25) is 4.79 Å². The van der Waals surface area contributed by atoms with Gasteiger partial charge in [0.1, 0.15) is 0 Å². The summed E-state index contributed by atoms with van der Waals surface area (Å²) in [5, 5.41) is 13.9. The van der Waals surface area contributed by atoms with Gasteiger partial charge in [-0.15, -0.1) is 0 Å².